The van der Waals surface area contributed by atoms with Crippen molar-refractivity contribution in [1.82, 2.24) is 25.6 Å². The third kappa shape index (κ3) is 6.22. The van der Waals surface area contributed by atoms with Crippen LogP contribution in [0.2, 0.25) is 0 Å². The normalized spacial score (nSPS) is 39.3. The fourth-order valence-corrected chi connectivity index (χ4v) is 8.25. The molecule has 1 spiro atoms. The van der Waals surface area contributed by atoms with Gasteiger partial charge in [-0.1, -0.05) is 0 Å². The highest BCUT2D eigenvalue weighted by atomic mass is 19.4. The molecular weight excluding hydrogens is 582 g/mol. The second-order valence-corrected chi connectivity index (χ2v) is 13.2. The number of urea groups is 1. The van der Waals surface area contributed by atoms with Crippen LogP contribution in [0.5, 0.6) is 0 Å². The van der Waals surface area contributed by atoms with Crippen molar-refractivity contribution >= 4 is 17.8 Å². The molecule has 0 aromatic carbocycles. The zero-order chi connectivity index (χ0) is 31.3. The van der Waals surface area contributed by atoms with Crippen LogP contribution in [0.4, 0.5) is 31.1 Å². The van der Waals surface area contributed by atoms with E-state index in [1.54, 1.807) is 0 Å². The molecule has 4 N–H and O–H groups in total. The summed E-state index contributed by atoms with van der Waals surface area (Å²) in [6.07, 6.45) is -8.59. The Balaban J connectivity index is 1.27. The molecule has 15 heteroatoms. The number of carbonyl (C=O) groups is 3. The molecule has 5 rings (SSSR count). The Labute approximate surface area is 247 Å². The number of fused-ring (bicyclic) bond motifs is 2. The Kier molecular flexibility index (Phi) is 9.26. The molecule has 4 amide bonds. The lowest BCUT2D eigenvalue weighted by atomic mass is 9.67. The van der Waals surface area contributed by atoms with Crippen LogP contribution < -0.4 is 16.5 Å². The number of amides is 4. The molecule has 5 fully saturated rings. The Bertz CT molecular complexity index is 1070. The zero-order valence-electron chi connectivity index (χ0n) is 24.3. The van der Waals surface area contributed by atoms with Gasteiger partial charge in [-0.25, -0.2) is 23.0 Å². The molecule has 2 aliphatic heterocycles. The number of nitrogens with zero attached hydrogens (tertiary/aromatic N) is 3. The van der Waals surface area contributed by atoms with Crippen LogP contribution in [-0.4, -0.2) is 108 Å². The average Bonchev–Trinajstić information content (AvgIpc) is 3.59. The highest BCUT2D eigenvalue weighted by Crippen LogP contribution is 2.54. The highest BCUT2D eigenvalue weighted by Gasteiger charge is 2.65. The first-order valence-corrected chi connectivity index (χ1v) is 15.4. The number of hydrogen-bond donors (Lipinski definition) is 3. The standard InChI is InChI=1S/C28H42F6N6O3/c1-15(28(32,33)34)39(12-16-2-5-21(29)22(30)8-16)24(41)14-40-25(42)27(37-26(40)43)10-23(31)19-9-17(3-4-20(19)27)18-11-36-38(13-18)7-6-35/h15-23,36H,2-14,35H2,1H3,(H,37,43)/t15-,16?,17?,18?,19?,20?,21?,22?,23+,27-/m0/s1. The maximum atomic E-state index is 15.6. The van der Waals surface area contributed by atoms with E-state index in [1.165, 1.54) is 0 Å². The van der Waals surface area contributed by atoms with Gasteiger partial charge in [-0.15, -0.1) is 0 Å². The molecule has 0 bridgehead atoms. The molecule has 0 radical (unpaired) electrons. The third-order valence-corrected chi connectivity index (χ3v) is 10.7. The Morgan fingerprint density at radius 3 is 2.49 bits per heavy atom. The van der Waals surface area contributed by atoms with Crippen molar-refractivity contribution < 1.29 is 40.7 Å². The summed E-state index contributed by atoms with van der Waals surface area (Å²) in [5.41, 5.74) is 7.42. The maximum absolute atomic E-state index is 15.6. The monoisotopic (exact) mass is 624 g/mol. The predicted octanol–water partition coefficient (Wildman–Crippen LogP) is 2.70. The molecule has 3 aliphatic carbocycles. The number of hydrogen-bond acceptors (Lipinski definition) is 6. The topological polar surface area (TPSA) is 111 Å². The lowest BCUT2D eigenvalue weighted by molar-refractivity contribution is -0.188. The van der Waals surface area contributed by atoms with Crippen LogP contribution in [0.15, 0.2) is 0 Å². The molecule has 2 heterocycles. The van der Waals surface area contributed by atoms with Gasteiger partial charge in [0.25, 0.3) is 5.91 Å². The van der Waals surface area contributed by atoms with Crippen LogP contribution in [-0.2, 0) is 9.59 Å². The first-order valence-electron chi connectivity index (χ1n) is 15.4. The molecule has 2 saturated heterocycles. The van der Waals surface area contributed by atoms with E-state index in [0.29, 0.717) is 41.6 Å². The van der Waals surface area contributed by atoms with Gasteiger partial charge in [-0.3, -0.25) is 19.9 Å². The first-order chi connectivity index (χ1) is 20.2. The van der Waals surface area contributed by atoms with Crippen molar-refractivity contribution in [3.63, 3.8) is 0 Å². The summed E-state index contributed by atoms with van der Waals surface area (Å²) in [6.45, 7) is 2.10. The van der Waals surface area contributed by atoms with Crippen LogP contribution in [0.1, 0.15) is 51.9 Å². The van der Waals surface area contributed by atoms with Gasteiger partial charge < -0.3 is 16.0 Å². The van der Waals surface area contributed by atoms with Crippen LogP contribution >= 0.6 is 0 Å². The third-order valence-electron chi connectivity index (χ3n) is 10.7. The molecule has 0 aromatic rings. The van der Waals surface area contributed by atoms with Crippen molar-refractivity contribution in [3.8, 4) is 0 Å². The van der Waals surface area contributed by atoms with E-state index in [-0.39, 0.29) is 31.6 Å². The van der Waals surface area contributed by atoms with E-state index in [4.69, 9.17) is 5.73 Å². The van der Waals surface area contributed by atoms with Crippen LogP contribution in [0.3, 0.4) is 0 Å². The number of nitrogens with one attached hydrogen (secondary N) is 2. The number of imide groups is 1. The fraction of sp³-hybridized carbons (Fsp3) is 0.893. The largest absolute Gasteiger partial charge is 0.408 e. The van der Waals surface area contributed by atoms with Gasteiger partial charge in [-0.2, -0.15) is 13.2 Å². The van der Waals surface area contributed by atoms with Gasteiger partial charge in [0.15, 0.2) is 0 Å². The van der Waals surface area contributed by atoms with Gasteiger partial charge in [0, 0.05) is 39.1 Å². The molecule has 244 valence electrons. The highest BCUT2D eigenvalue weighted by molar-refractivity contribution is 6.09. The summed E-state index contributed by atoms with van der Waals surface area (Å²) in [5.74, 6) is -3.07. The van der Waals surface area contributed by atoms with Crippen LogP contribution in [0.25, 0.3) is 0 Å². The molecule has 7 unspecified atom stereocenters. The fourth-order valence-electron chi connectivity index (χ4n) is 8.25. The van der Waals surface area contributed by atoms with Crippen molar-refractivity contribution in [2.45, 2.75) is 88.1 Å². The summed E-state index contributed by atoms with van der Waals surface area (Å²) in [5, 5.41) is 4.70. The molecule has 0 aromatic heterocycles. The van der Waals surface area contributed by atoms with Crippen molar-refractivity contribution in [3.05, 3.63) is 0 Å². The second-order valence-electron chi connectivity index (χ2n) is 13.2. The Morgan fingerprint density at radius 2 is 1.81 bits per heavy atom. The minimum Gasteiger partial charge on any atom is -0.329 e. The smallest absolute Gasteiger partial charge is 0.329 e. The summed E-state index contributed by atoms with van der Waals surface area (Å²) < 4.78 is 84.4. The van der Waals surface area contributed by atoms with Crippen molar-refractivity contribution in [2.75, 3.05) is 39.3 Å². The number of halogens is 6. The molecule has 5 aliphatic rings. The second kappa shape index (κ2) is 12.3. The van der Waals surface area contributed by atoms with Gasteiger partial charge >= 0.3 is 12.2 Å². The van der Waals surface area contributed by atoms with E-state index in [1.807, 2.05) is 0 Å². The van der Waals surface area contributed by atoms with E-state index < -0.39 is 85.0 Å². The van der Waals surface area contributed by atoms with Gasteiger partial charge in [0.05, 0.1) is 0 Å². The SMILES string of the molecule is C[C@H](N(CC1CCC(F)C(F)C1)C(=O)CN1C(=O)N[C@]2(C[C@@H](F)C3CC(C4CNN(CCN)C4)CCC32)C1=O)C(F)(F)F. The summed E-state index contributed by atoms with van der Waals surface area (Å²) in [7, 11) is 0. The number of hydrazine groups is 1. The zero-order valence-corrected chi connectivity index (χ0v) is 24.3. The van der Waals surface area contributed by atoms with Crippen LogP contribution in [0, 0.1) is 29.6 Å². The van der Waals surface area contributed by atoms with E-state index in [2.05, 4.69) is 15.8 Å². The Hall–Kier alpha value is -2.13. The maximum Gasteiger partial charge on any atom is 0.408 e. The lowest BCUT2D eigenvalue weighted by Gasteiger charge is -2.39. The molecule has 43 heavy (non-hydrogen) atoms. The minimum atomic E-state index is -4.82. The average molecular weight is 625 g/mol. The van der Waals surface area contributed by atoms with E-state index >= 15 is 4.39 Å². The summed E-state index contributed by atoms with van der Waals surface area (Å²) >= 11 is 0. The van der Waals surface area contributed by atoms with E-state index in [9.17, 15) is 36.3 Å². The quantitative estimate of drug-likeness (QED) is 0.283. The molecular formula is C28H42F6N6O3. The number of alkyl halides is 6. The van der Waals surface area contributed by atoms with Crippen molar-refractivity contribution in [2.24, 2.45) is 35.3 Å². The summed E-state index contributed by atoms with van der Waals surface area (Å²) in [4.78, 5) is 41.2. The predicted molar refractivity (Wildman–Crippen MR) is 143 cm³/mol. The Morgan fingerprint density at radius 1 is 1.07 bits per heavy atom. The molecule has 3 saturated carbocycles. The van der Waals surface area contributed by atoms with Gasteiger partial charge in [0.2, 0.25) is 5.91 Å². The van der Waals surface area contributed by atoms with Crippen molar-refractivity contribution in [1.29, 1.82) is 0 Å². The number of carbonyl (C=O) groups excluding carboxylic acids is 3. The number of rotatable bonds is 8. The van der Waals surface area contributed by atoms with E-state index in [0.717, 1.165) is 26.4 Å². The molecule has 10 atom stereocenters. The lowest BCUT2D eigenvalue weighted by Crippen LogP contribution is -2.54. The first kappa shape index (κ1) is 32.3. The summed E-state index contributed by atoms with van der Waals surface area (Å²) in [6, 6.07) is -3.21. The van der Waals surface area contributed by atoms with Gasteiger partial charge in [0.1, 0.15) is 36.6 Å². The minimum absolute atomic E-state index is 0.103. The number of nitrogens with two attached hydrogens (primary N) is 1. The van der Waals surface area contributed by atoms with Gasteiger partial charge in [-0.05, 0) is 75.0 Å². The molecule has 9 nitrogen and oxygen atoms in total.